The molecule has 2 atom stereocenters. The predicted octanol–water partition coefficient (Wildman–Crippen LogP) is 3.88. The van der Waals surface area contributed by atoms with Gasteiger partial charge in [-0.3, -0.25) is 4.79 Å². The van der Waals surface area contributed by atoms with Gasteiger partial charge in [-0.2, -0.15) is 13.2 Å². The highest BCUT2D eigenvalue weighted by atomic mass is 35.5. The molecule has 0 aliphatic carbocycles. The molecule has 0 bridgehead atoms. The van der Waals surface area contributed by atoms with Crippen LogP contribution in [0.1, 0.15) is 12.5 Å². The third-order valence-corrected chi connectivity index (χ3v) is 3.10. The van der Waals surface area contributed by atoms with Gasteiger partial charge in [-0.15, -0.1) is 23.2 Å². The summed E-state index contributed by atoms with van der Waals surface area (Å²) in [6, 6.07) is 4.66. The van der Waals surface area contributed by atoms with Gasteiger partial charge >= 0.3 is 6.18 Å². The summed E-state index contributed by atoms with van der Waals surface area (Å²) in [5, 5.41) is 0.329. The van der Waals surface area contributed by atoms with E-state index in [0.29, 0.717) is 0 Å². The summed E-state index contributed by atoms with van der Waals surface area (Å²) in [5.74, 6) is -0.768. The molecule has 0 unspecified atom stereocenters. The van der Waals surface area contributed by atoms with Gasteiger partial charge in [0.2, 0.25) is 5.91 Å². The Labute approximate surface area is 112 Å². The normalized spacial score (nSPS) is 15.0. The molecule has 7 heteroatoms. The van der Waals surface area contributed by atoms with Crippen LogP contribution in [0.3, 0.4) is 0 Å². The molecule has 0 aromatic heterocycles. The molecule has 1 rings (SSSR count). The molecule has 1 N–H and O–H groups in total. The van der Waals surface area contributed by atoms with E-state index in [9.17, 15) is 18.0 Å². The maximum Gasteiger partial charge on any atom is 0.418 e. The van der Waals surface area contributed by atoms with Crippen molar-refractivity contribution < 1.29 is 18.0 Å². The van der Waals surface area contributed by atoms with Crippen LogP contribution in [0.2, 0.25) is 0 Å². The number of carbonyl (C=O) groups is 1. The first kappa shape index (κ1) is 15.1. The number of anilines is 1. The van der Waals surface area contributed by atoms with Crippen molar-refractivity contribution in [2.24, 2.45) is 0 Å². The zero-order chi connectivity index (χ0) is 13.9. The minimum Gasteiger partial charge on any atom is -0.324 e. The SMILES string of the molecule is C[C@@H](Cl)[C@@H](Cl)C(=O)Nc1ccccc1C(F)(F)F. The highest BCUT2D eigenvalue weighted by Gasteiger charge is 2.34. The molecule has 1 aromatic rings. The van der Waals surface area contributed by atoms with Crippen molar-refractivity contribution in [3.63, 3.8) is 0 Å². The first-order valence-corrected chi connectivity index (χ1v) is 5.86. The minimum atomic E-state index is -4.54. The fraction of sp³-hybridized carbons (Fsp3) is 0.364. The van der Waals surface area contributed by atoms with Crippen LogP contribution in [0, 0.1) is 0 Å². The summed E-state index contributed by atoms with van der Waals surface area (Å²) in [7, 11) is 0. The average Bonchev–Trinajstić information content (AvgIpc) is 2.27. The number of amides is 1. The van der Waals surface area contributed by atoms with Crippen LogP contribution in [0.5, 0.6) is 0 Å². The quantitative estimate of drug-likeness (QED) is 0.843. The first-order chi connectivity index (χ1) is 8.23. The highest BCUT2D eigenvalue weighted by Crippen LogP contribution is 2.34. The van der Waals surface area contributed by atoms with Crippen LogP contribution in [-0.2, 0) is 11.0 Å². The van der Waals surface area contributed by atoms with E-state index < -0.39 is 28.4 Å². The highest BCUT2D eigenvalue weighted by molar-refractivity contribution is 6.38. The Kier molecular flexibility index (Phi) is 4.87. The molecule has 0 saturated heterocycles. The summed E-state index contributed by atoms with van der Waals surface area (Å²) >= 11 is 11.3. The average molecular weight is 300 g/mol. The van der Waals surface area contributed by atoms with Gasteiger partial charge in [0.1, 0.15) is 5.38 Å². The number of nitrogens with one attached hydrogen (secondary N) is 1. The Bertz CT molecular complexity index is 435. The van der Waals surface area contributed by atoms with Crippen LogP contribution in [0.4, 0.5) is 18.9 Å². The number of hydrogen-bond donors (Lipinski definition) is 1. The molecule has 100 valence electrons. The maximum atomic E-state index is 12.6. The van der Waals surface area contributed by atoms with Gasteiger partial charge in [-0.05, 0) is 19.1 Å². The largest absolute Gasteiger partial charge is 0.418 e. The Balaban J connectivity index is 2.95. The molecule has 0 spiro atoms. The standard InChI is InChI=1S/C11H10Cl2F3NO/c1-6(12)9(13)10(18)17-8-5-3-2-4-7(8)11(14,15)16/h2-6,9H,1H3,(H,17,18)/t6-,9-/m1/s1. The van der Waals surface area contributed by atoms with Crippen LogP contribution >= 0.6 is 23.2 Å². The van der Waals surface area contributed by atoms with Gasteiger partial charge in [0.25, 0.3) is 0 Å². The molecule has 0 aliphatic heterocycles. The van der Waals surface area contributed by atoms with Gasteiger partial charge in [-0.1, -0.05) is 12.1 Å². The Hall–Kier alpha value is -0.940. The van der Waals surface area contributed by atoms with Crippen molar-refractivity contribution >= 4 is 34.8 Å². The van der Waals surface area contributed by atoms with Gasteiger partial charge < -0.3 is 5.32 Å². The second kappa shape index (κ2) is 5.80. The maximum absolute atomic E-state index is 12.6. The van der Waals surface area contributed by atoms with Crippen molar-refractivity contribution in [3.05, 3.63) is 29.8 Å². The molecular weight excluding hydrogens is 290 g/mol. The van der Waals surface area contributed by atoms with Crippen LogP contribution < -0.4 is 5.32 Å². The zero-order valence-corrected chi connectivity index (χ0v) is 10.8. The zero-order valence-electron chi connectivity index (χ0n) is 9.26. The number of alkyl halides is 5. The molecule has 0 heterocycles. The lowest BCUT2D eigenvalue weighted by atomic mass is 10.1. The minimum absolute atomic E-state index is 0.335. The second-order valence-electron chi connectivity index (χ2n) is 3.61. The lowest BCUT2D eigenvalue weighted by molar-refractivity contribution is -0.137. The first-order valence-electron chi connectivity index (χ1n) is 4.98. The molecular formula is C11H10Cl2F3NO. The molecule has 18 heavy (non-hydrogen) atoms. The van der Waals surface area contributed by atoms with Crippen molar-refractivity contribution in [3.8, 4) is 0 Å². The lowest BCUT2D eigenvalue weighted by Crippen LogP contribution is -2.30. The van der Waals surface area contributed by atoms with Gasteiger partial charge in [0, 0.05) is 0 Å². The predicted molar refractivity (Wildman–Crippen MR) is 65.0 cm³/mol. The summed E-state index contributed by atoms with van der Waals surface area (Å²) in [6.45, 7) is 1.48. The molecule has 1 amide bonds. The molecule has 1 aromatic carbocycles. The number of carbonyl (C=O) groups excluding carboxylic acids is 1. The fourth-order valence-electron chi connectivity index (χ4n) is 1.25. The lowest BCUT2D eigenvalue weighted by Gasteiger charge is -2.16. The molecule has 0 fully saturated rings. The number of para-hydroxylation sites is 1. The summed E-state index contributed by atoms with van der Waals surface area (Å²) in [6.07, 6.45) is -4.54. The van der Waals surface area contributed by atoms with Crippen molar-refractivity contribution in [2.75, 3.05) is 5.32 Å². The number of rotatable bonds is 3. The van der Waals surface area contributed by atoms with E-state index in [1.54, 1.807) is 0 Å². The molecule has 2 nitrogen and oxygen atoms in total. The Morgan fingerprint density at radius 1 is 1.28 bits per heavy atom. The summed E-state index contributed by atoms with van der Waals surface area (Å²) < 4.78 is 37.9. The molecule has 0 radical (unpaired) electrons. The van der Waals surface area contributed by atoms with E-state index in [2.05, 4.69) is 5.32 Å². The number of hydrogen-bond acceptors (Lipinski definition) is 1. The monoisotopic (exact) mass is 299 g/mol. The molecule has 0 aliphatic rings. The molecule has 0 saturated carbocycles. The Morgan fingerprint density at radius 3 is 2.33 bits per heavy atom. The van der Waals surface area contributed by atoms with Crippen LogP contribution in [0.25, 0.3) is 0 Å². The Morgan fingerprint density at radius 2 is 1.83 bits per heavy atom. The topological polar surface area (TPSA) is 29.1 Å². The second-order valence-corrected chi connectivity index (χ2v) is 4.77. The van der Waals surface area contributed by atoms with Crippen LogP contribution in [0.15, 0.2) is 24.3 Å². The third kappa shape index (κ3) is 3.78. The van der Waals surface area contributed by atoms with E-state index in [-0.39, 0.29) is 5.69 Å². The number of benzene rings is 1. The van der Waals surface area contributed by atoms with Crippen LogP contribution in [-0.4, -0.2) is 16.7 Å². The number of halogens is 5. The van der Waals surface area contributed by atoms with E-state index in [1.165, 1.54) is 19.1 Å². The van der Waals surface area contributed by atoms with Gasteiger partial charge in [0.15, 0.2) is 0 Å². The van der Waals surface area contributed by atoms with E-state index in [4.69, 9.17) is 23.2 Å². The van der Waals surface area contributed by atoms with Crippen molar-refractivity contribution in [1.82, 2.24) is 0 Å². The van der Waals surface area contributed by atoms with Crippen molar-refractivity contribution in [2.45, 2.75) is 23.9 Å². The summed E-state index contributed by atoms with van der Waals surface area (Å²) in [4.78, 5) is 11.5. The smallest absolute Gasteiger partial charge is 0.324 e. The van der Waals surface area contributed by atoms with Crippen molar-refractivity contribution in [1.29, 1.82) is 0 Å². The van der Waals surface area contributed by atoms with E-state index >= 15 is 0 Å². The van der Waals surface area contributed by atoms with E-state index in [1.807, 2.05) is 0 Å². The van der Waals surface area contributed by atoms with Gasteiger partial charge in [0.05, 0.1) is 16.6 Å². The summed E-state index contributed by atoms with van der Waals surface area (Å²) in [5.41, 5.74) is -1.26. The third-order valence-electron chi connectivity index (χ3n) is 2.14. The fourth-order valence-corrected chi connectivity index (χ4v) is 1.42. The van der Waals surface area contributed by atoms with E-state index in [0.717, 1.165) is 12.1 Å². The van der Waals surface area contributed by atoms with Gasteiger partial charge in [-0.25, -0.2) is 0 Å².